The number of pyridine rings is 1. The van der Waals surface area contributed by atoms with Gasteiger partial charge in [0, 0.05) is 25.4 Å². The third kappa shape index (κ3) is 3.32. The van der Waals surface area contributed by atoms with E-state index in [9.17, 15) is 10.1 Å². The fraction of sp³-hybridized carbons (Fsp3) is 0.333. The van der Waals surface area contributed by atoms with Crippen LogP contribution < -0.4 is 4.90 Å². The molecule has 0 amide bonds. The summed E-state index contributed by atoms with van der Waals surface area (Å²) in [4.78, 5) is 22.1. The fourth-order valence-electron chi connectivity index (χ4n) is 3.35. The summed E-state index contributed by atoms with van der Waals surface area (Å²) in [6.07, 6.45) is 4.32. The number of anilines is 1. The van der Waals surface area contributed by atoms with Gasteiger partial charge in [0.1, 0.15) is 5.69 Å². The number of thiazole rings is 1. The molecule has 7 heteroatoms. The molecule has 0 N–H and O–H groups in total. The second-order valence-corrected chi connectivity index (χ2v) is 7.33. The quantitative estimate of drug-likeness (QED) is 0.522. The molecule has 25 heavy (non-hydrogen) atoms. The number of fused-ring (bicyclic) bond motifs is 1. The van der Waals surface area contributed by atoms with E-state index in [1.807, 2.05) is 18.2 Å². The summed E-state index contributed by atoms with van der Waals surface area (Å²) in [5.41, 5.74) is 1.79. The average Bonchev–Trinajstić information content (AvgIpc) is 3.07. The number of benzene rings is 1. The van der Waals surface area contributed by atoms with Crippen molar-refractivity contribution in [3.63, 3.8) is 0 Å². The normalized spacial score (nSPS) is 15.6. The third-order valence-corrected chi connectivity index (χ3v) is 5.81. The van der Waals surface area contributed by atoms with E-state index in [1.54, 1.807) is 29.7 Å². The topological polar surface area (TPSA) is 72.2 Å². The van der Waals surface area contributed by atoms with Crippen molar-refractivity contribution in [2.75, 3.05) is 18.0 Å². The Kier molecular flexibility index (Phi) is 4.31. The SMILES string of the molecule is O=[N+]([O-])c1cccnc1CC1CCN(c2nc3ccccc3s2)CC1. The lowest BCUT2D eigenvalue weighted by Crippen LogP contribution is -2.34. The number of piperidine rings is 1. The molecule has 1 aliphatic heterocycles. The standard InChI is InChI=1S/C18H18N4O2S/c23-22(24)16-5-3-9-19-15(16)12-13-7-10-21(11-8-13)18-20-14-4-1-2-6-17(14)25-18/h1-6,9,13H,7-8,10-12H2. The number of para-hydroxylation sites is 1. The van der Waals surface area contributed by atoms with E-state index in [4.69, 9.17) is 4.98 Å². The molecule has 1 saturated heterocycles. The first-order valence-electron chi connectivity index (χ1n) is 8.39. The van der Waals surface area contributed by atoms with Gasteiger partial charge in [0.25, 0.3) is 5.69 Å². The van der Waals surface area contributed by atoms with Gasteiger partial charge in [-0.25, -0.2) is 4.98 Å². The van der Waals surface area contributed by atoms with Crippen molar-refractivity contribution in [1.29, 1.82) is 0 Å². The van der Waals surface area contributed by atoms with Crippen LogP contribution in [0.4, 0.5) is 10.8 Å². The second kappa shape index (κ2) is 6.76. The van der Waals surface area contributed by atoms with Gasteiger partial charge in [-0.3, -0.25) is 15.1 Å². The smallest absolute Gasteiger partial charge is 0.290 e. The molecular formula is C18H18N4O2S. The highest BCUT2D eigenvalue weighted by molar-refractivity contribution is 7.22. The van der Waals surface area contributed by atoms with Gasteiger partial charge >= 0.3 is 0 Å². The third-order valence-electron chi connectivity index (χ3n) is 4.71. The lowest BCUT2D eigenvalue weighted by molar-refractivity contribution is -0.386. The molecule has 4 rings (SSSR count). The maximum absolute atomic E-state index is 11.1. The largest absolute Gasteiger partial charge is 0.348 e. The number of hydrogen-bond donors (Lipinski definition) is 0. The number of aromatic nitrogens is 2. The minimum Gasteiger partial charge on any atom is -0.348 e. The van der Waals surface area contributed by atoms with Gasteiger partial charge < -0.3 is 4.90 Å². The Morgan fingerprint density at radius 1 is 1.20 bits per heavy atom. The predicted octanol–water partition coefficient (Wildman–Crippen LogP) is 4.06. The van der Waals surface area contributed by atoms with Gasteiger partial charge in [-0.15, -0.1) is 0 Å². The first-order valence-corrected chi connectivity index (χ1v) is 9.21. The number of rotatable bonds is 4. The first-order chi connectivity index (χ1) is 12.2. The van der Waals surface area contributed by atoms with Crippen molar-refractivity contribution in [3.05, 3.63) is 58.4 Å². The van der Waals surface area contributed by atoms with E-state index >= 15 is 0 Å². The van der Waals surface area contributed by atoms with Crippen LogP contribution >= 0.6 is 11.3 Å². The summed E-state index contributed by atoms with van der Waals surface area (Å²) in [5.74, 6) is 0.430. The Labute approximate surface area is 149 Å². The molecule has 1 aliphatic rings. The van der Waals surface area contributed by atoms with E-state index in [0.717, 1.165) is 36.6 Å². The van der Waals surface area contributed by atoms with Crippen LogP contribution in [0.1, 0.15) is 18.5 Å². The molecule has 3 heterocycles. The van der Waals surface area contributed by atoms with Crippen LogP contribution in [0.3, 0.4) is 0 Å². The molecule has 2 aromatic heterocycles. The highest BCUT2D eigenvalue weighted by atomic mass is 32.1. The summed E-state index contributed by atoms with van der Waals surface area (Å²) in [6.45, 7) is 1.87. The lowest BCUT2D eigenvalue weighted by Gasteiger charge is -2.31. The zero-order chi connectivity index (χ0) is 17.2. The van der Waals surface area contributed by atoms with Crippen molar-refractivity contribution in [2.45, 2.75) is 19.3 Å². The summed E-state index contributed by atoms with van der Waals surface area (Å²) >= 11 is 1.73. The van der Waals surface area contributed by atoms with Gasteiger partial charge in [0.15, 0.2) is 5.13 Å². The molecule has 0 spiro atoms. The molecule has 0 aliphatic carbocycles. The molecule has 1 fully saturated rings. The Morgan fingerprint density at radius 2 is 2.00 bits per heavy atom. The van der Waals surface area contributed by atoms with Crippen molar-refractivity contribution >= 4 is 32.4 Å². The van der Waals surface area contributed by atoms with Crippen molar-refractivity contribution in [3.8, 4) is 0 Å². The Morgan fingerprint density at radius 3 is 2.76 bits per heavy atom. The second-order valence-electron chi connectivity index (χ2n) is 6.33. The Bertz CT molecular complexity index is 870. The summed E-state index contributed by atoms with van der Waals surface area (Å²) in [7, 11) is 0. The minimum absolute atomic E-state index is 0.135. The summed E-state index contributed by atoms with van der Waals surface area (Å²) < 4.78 is 1.21. The molecular weight excluding hydrogens is 336 g/mol. The molecule has 0 atom stereocenters. The van der Waals surface area contributed by atoms with Crippen LogP contribution in [0, 0.1) is 16.0 Å². The van der Waals surface area contributed by atoms with Gasteiger partial charge in [-0.2, -0.15) is 0 Å². The van der Waals surface area contributed by atoms with Crippen molar-refractivity contribution in [1.82, 2.24) is 9.97 Å². The lowest BCUT2D eigenvalue weighted by atomic mass is 9.92. The summed E-state index contributed by atoms with van der Waals surface area (Å²) in [6, 6.07) is 11.4. The summed E-state index contributed by atoms with van der Waals surface area (Å²) in [5, 5.41) is 12.2. The molecule has 128 valence electrons. The zero-order valence-corrected chi connectivity index (χ0v) is 14.5. The van der Waals surface area contributed by atoms with E-state index < -0.39 is 0 Å². The number of nitro groups is 1. The Hall–Kier alpha value is -2.54. The number of nitrogens with zero attached hydrogens (tertiary/aromatic N) is 4. The van der Waals surface area contributed by atoms with Crippen molar-refractivity contribution < 1.29 is 4.92 Å². The maximum Gasteiger partial charge on any atom is 0.290 e. The van der Waals surface area contributed by atoms with Gasteiger partial charge in [0.05, 0.1) is 15.1 Å². The molecule has 0 radical (unpaired) electrons. The van der Waals surface area contributed by atoms with Crippen LogP contribution in [0.2, 0.25) is 0 Å². The average molecular weight is 354 g/mol. The van der Waals surface area contributed by atoms with E-state index in [-0.39, 0.29) is 10.6 Å². The molecule has 0 saturated carbocycles. The van der Waals surface area contributed by atoms with Crippen LogP contribution in [0.5, 0.6) is 0 Å². The van der Waals surface area contributed by atoms with Crippen LogP contribution in [0.25, 0.3) is 10.2 Å². The fourth-order valence-corrected chi connectivity index (χ4v) is 4.37. The molecule has 3 aromatic rings. The van der Waals surface area contributed by atoms with E-state index in [1.165, 1.54) is 4.70 Å². The molecule has 0 unspecified atom stereocenters. The van der Waals surface area contributed by atoms with Crippen LogP contribution in [0.15, 0.2) is 42.6 Å². The van der Waals surface area contributed by atoms with Crippen LogP contribution in [-0.2, 0) is 6.42 Å². The van der Waals surface area contributed by atoms with E-state index in [2.05, 4.69) is 16.0 Å². The zero-order valence-electron chi connectivity index (χ0n) is 13.7. The molecule has 1 aromatic carbocycles. The highest BCUT2D eigenvalue weighted by Crippen LogP contribution is 2.32. The first kappa shape index (κ1) is 16.0. The maximum atomic E-state index is 11.1. The molecule has 6 nitrogen and oxygen atoms in total. The number of hydrogen-bond acceptors (Lipinski definition) is 6. The minimum atomic E-state index is -0.335. The van der Waals surface area contributed by atoms with Gasteiger partial charge in [0.2, 0.25) is 0 Å². The monoisotopic (exact) mass is 354 g/mol. The van der Waals surface area contributed by atoms with Gasteiger partial charge in [-0.1, -0.05) is 23.5 Å². The van der Waals surface area contributed by atoms with Crippen molar-refractivity contribution in [2.24, 2.45) is 5.92 Å². The Balaban J connectivity index is 1.42. The molecule has 0 bridgehead atoms. The highest BCUT2D eigenvalue weighted by Gasteiger charge is 2.25. The predicted molar refractivity (Wildman–Crippen MR) is 99.2 cm³/mol. The van der Waals surface area contributed by atoms with Crippen LogP contribution in [-0.4, -0.2) is 28.0 Å². The van der Waals surface area contributed by atoms with E-state index in [0.29, 0.717) is 18.0 Å². The van der Waals surface area contributed by atoms with Gasteiger partial charge in [-0.05, 0) is 43.4 Å².